The zero-order valence-electron chi connectivity index (χ0n) is 13.0. The van der Waals surface area contributed by atoms with Gasteiger partial charge in [0.15, 0.2) is 0 Å². The minimum absolute atomic E-state index is 0.00458. The Hall–Kier alpha value is -1.68. The van der Waals surface area contributed by atoms with E-state index >= 15 is 0 Å². The van der Waals surface area contributed by atoms with Crippen molar-refractivity contribution in [2.24, 2.45) is 0 Å². The van der Waals surface area contributed by atoms with Gasteiger partial charge in [0.2, 0.25) is 5.91 Å². The molecule has 120 valence electrons. The first-order valence-corrected chi connectivity index (χ1v) is 8.14. The SMILES string of the molecule is O=C(CNCCc1ccccc1F)NCCC1=CCCCC1. The first kappa shape index (κ1) is 16.7. The van der Waals surface area contributed by atoms with Crippen molar-refractivity contribution in [1.82, 2.24) is 10.6 Å². The number of hydrogen-bond acceptors (Lipinski definition) is 2. The van der Waals surface area contributed by atoms with Crippen molar-refractivity contribution >= 4 is 5.91 Å². The van der Waals surface area contributed by atoms with Crippen LogP contribution in [-0.4, -0.2) is 25.5 Å². The Bertz CT molecular complexity index is 514. The molecule has 1 aromatic rings. The summed E-state index contributed by atoms with van der Waals surface area (Å²) in [7, 11) is 0. The van der Waals surface area contributed by atoms with Crippen LogP contribution >= 0.6 is 0 Å². The van der Waals surface area contributed by atoms with Crippen molar-refractivity contribution in [1.29, 1.82) is 0 Å². The molecular formula is C18H25FN2O. The van der Waals surface area contributed by atoms with E-state index in [0.717, 1.165) is 6.42 Å². The minimum atomic E-state index is -0.186. The molecule has 0 bridgehead atoms. The lowest BCUT2D eigenvalue weighted by atomic mass is 9.97. The Labute approximate surface area is 132 Å². The standard InChI is InChI=1S/C18H25FN2O/c19-17-9-5-4-8-16(17)11-12-20-14-18(22)21-13-10-15-6-2-1-3-7-15/h4-6,8-9,20H,1-3,7,10-14H2,(H,21,22). The van der Waals surface area contributed by atoms with E-state index < -0.39 is 0 Å². The number of carbonyl (C=O) groups excluding carboxylic acids is 1. The van der Waals surface area contributed by atoms with E-state index in [1.54, 1.807) is 12.1 Å². The highest BCUT2D eigenvalue weighted by atomic mass is 19.1. The van der Waals surface area contributed by atoms with Crippen LogP contribution < -0.4 is 10.6 Å². The molecule has 22 heavy (non-hydrogen) atoms. The summed E-state index contributed by atoms with van der Waals surface area (Å²) < 4.78 is 13.4. The van der Waals surface area contributed by atoms with Crippen LogP contribution in [0.25, 0.3) is 0 Å². The van der Waals surface area contributed by atoms with Crippen LogP contribution in [0.15, 0.2) is 35.9 Å². The number of amides is 1. The van der Waals surface area contributed by atoms with E-state index in [1.165, 1.54) is 37.3 Å². The number of carbonyl (C=O) groups is 1. The van der Waals surface area contributed by atoms with Crippen LogP contribution in [0.3, 0.4) is 0 Å². The van der Waals surface area contributed by atoms with Crippen LogP contribution in [-0.2, 0) is 11.2 Å². The molecule has 0 saturated carbocycles. The van der Waals surface area contributed by atoms with Gasteiger partial charge in [-0.05, 0) is 56.7 Å². The van der Waals surface area contributed by atoms with Crippen molar-refractivity contribution in [3.63, 3.8) is 0 Å². The smallest absolute Gasteiger partial charge is 0.233 e. The maximum absolute atomic E-state index is 13.4. The Morgan fingerprint density at radius 2 is 2.00 bits per heavy atom. The maximum Gasteiger partial charge on any atom is 0.233 e. The summed E-state index contributed by atoms with van der Waals surface area (Å²) in [6.07, 6.45) is 8.78. The van der Waals surface area contributed by atoms with Gasteiger partial charge in [-0.15, -0.1) is 0 Å². The third-order valence-electron chi connectivity index (χ3n) is 3.97. The van der Waals surface area contributed by atoms with Crippen molar-refractivity contribution in [3.8, 4) is 0 Å². The maximum atomic E-state index is 13.4. The Kier molecular flexibility index (Phi) is 7.10. The van der Waals surface area contributed by atoms with Gasteiger partial charge in [-0.1, -0.05) is 29.8 Å². The number of halogens is 1. The van der Waals surface area contributed by atoms with Crippen LogP contribution in [0.5, 0.6) is 0 Å². The molecule has 4 heteroatoms. The lowest BCUT2D eigenvalue weighted by Gasteiger charge is -2.13. The Morgan fingerprint density at radius 1 is 1.14 bits per heavy atom. The summed E-state index contributed by atoms with van der Waals surface area (Å²) in [5.41, 5.74) is 2.15. The summed E-state index contributed by atoms with van der Waals surface area (Å²) >= 11 is 0. The molecule has 1 aromatic carbocycles. The highest BCUT2D eigenvalue weighted by Crippen LogP contribution is 2.19. The predicted octanol–water partition coefficient (Wildman–Crippen LogP) is 2.96. The molecule has 0 radical (unpaired) electrons. The first-order valence-electron chi connectivity index (χ1n) is 8.14. The molecule has 0 saturated heterocycles. The first-order chi connectivity index (χ1) is 10.8. The van der Waals surface area contributed by atoms with Gasteiger partial charge in [-0.3, -0.25) is 4.79 Å². The van der Waals surface area contributed by atoms with E-state index in [-0.39, 0.29) is 18.3 Å². The van der Waals surface area contributed by atoms with Gasteiger partial charge in [0.25, 0.3) is 0 Å². The predicted molar refractivity (Wildman–Crippen MR) is 87.2 cm³/mol. The molecule has 0 unspecified atom stereocenters. The third kappa shape index (κ3) is 5.98. The fraction of sp³-hybridized carbons (Fsp3) is 0.500. The molecule has 2 N–H and O–H groups in total. The third-order valence-corrected chi connectivity index (χ3v) is 3.97. The number of benzene rings is 1. The molecular weight excluding hydrogens is 279 g/mol. The van der Waals surface area contributed by atoms with E-state index in [4.69, 9.17) is 0 Å². The van der Waals surface area contributed by atoms with Crippen LogP contribution in [0.2, 0.25) is 0 Å². The summed E-state index contributed by atoms with van der Waals surface area (Å²) in [5.74, 6) is -0.181. The van der Waals surface area contributed by atoms with Gasteiger partial charge < -0.3 is 10.6 Å². The van der Waals surface area contributed by atoms with Crippen LogP contribution in [0, 0.1) is 5.82 Å². The zero-order chi connectivity index (χ0) is 15.6. The zero-order valence-corrected chi connectivity index (χ0v) is 13.0. The molecule has 0 atom stereocenters. The number of hydrogen-bond donors (Lipinski definition) is 2. The van der Waals surface area contributed by atoms with Gasteiger partial charge in [0.1, 0.15) is 5.82 Å². The molecule has 1 aliphatic carbocycles. The van der Waals surface area contributed by atoms with Crippen LogP contribution in [0.1, 0.15) is 37.7 Å². The van der Waals surface area contributed by atoms with Crippen molar-refractivity contribution in [2.45, 2.75) is 38.5 Å². The topological polar surface area (TPSA) is 41.1 Å². The van der Waals surface area contributed by atoms with Crippen molar-refractivity contribution < 1.29 is 9.18 Å². The summed E-state index contributed by atoms with van der Waals surface area (Å²) in [5, 5.41) is 5.98. The summed E-state index contributed by atoms with van der Waals surface area (Å²) in [4.78, 5) is 11.7. The molecule has 0 heterocycles. The fourth-order valence-electron chi connectivity index (χ4n) is 2.68. The molecule has 0 fully saturated rings. The molecule has 0 aliphatic heterocycles. The quantitative estimate of drug-likeness (QED) is 0.573. The number of nitrogens with one attached hydrogen (secondary N) is 2. The second kappa shape index (κ2) is 9.36. The summed E-state index contributed by atoms with van der Waals surface area (Å²) in [6, 6.07) is 6.74. The van der Waals surface area contributed by atoms with Gasteiger partial charge in [0.05, 0.1) is 6.54 Å². The molecule has 0 aromatic heterocycles. The van der Waals surface area contributed by atoms with E-state index in [0.29, 0.717) is 25.1 Å². The van der Waals surface area contributed by atoms with Gasteiger partial charge in [-0.2, -0.15) is 0 Å². The number of allylic oxidation sites excluding steroid dienone is 1. The van der Waals surface area contributed by atoms with Gasteiger partial charge in [-0.25, -0.2) is 4.39 Å². The number of rotatable bonds is 8. The average molecular weight is 304 g/mol. The second-order valence-corrected chi connectivity index (χ2v) is 5.73. The molecule has 2 rings (SSSR count). The second-order valence-electron chi connectivity index (χ2n) is 5.73. The Balaban J connectivity index is 1.54. The fourth-order valence-corrected chi connectivity index (χ4v) is 2.68. The molecule has 1 aliphatic rings. The van der Waals surface area contributed by atoms with Gasteiger partial charge >= 0.3 is 0 Å². The highest BCUT2D eigenvalue weighted by Gasteiger charge is 2.05. The minimum Gasteiger partial charge on any atom is -0.355 e. The molecule has 0 spiro atoms. The van der Waals surface area contributed by atoms with Crippen molar-refractivity contribution in [2.75, 3.05) is 19.6 Å². The lowest BCUT2D eigenvalue weighted by molar-refractivity contribution is -0.120. The van der Waals surface area contributed by atoms with Crippen LogP contribution in [0.4, 0.5) is 4.39 Å². The van der Waals surface area contributed by atoms with E-state index in [9.17, 15) is 9.18 Å². The van der Waals surface area contributed by atoms with E-state index in [2.05, 4.69) is 16.7 Å². The van der Waals surface area contributed by atoms with Crippen molar-refractivity contribution in [3.05, 3.63) is 47.3 Å². The Morgan fingerprint density at radius 3 is 2.77 bits per heavy atom. The van der Waals surface area contributed by atoms with Gasteiger partial charge in [0, 0.05) is 6.54 Å². The van der Waals surface area contributed by atoms with E-state index in [1.807, 2.05) is 6.07 Å². The normalized spacial score (nSPS) is 14.5. The molecule has 1 amide bonds. The lowest BCUT2D eigenvalue weighted by Crippen LogP contribution is -2.35. The molecule has 3 nitrogen and oxygen atoms in total. The average Bonchev–Trinajstić information content (AvgIpc) is 2.54. The largest absolute Gasteiger partial charge is 0.355 e. The highest BCUT2D eigenvalue weighted by molar-refractivity contribution is 5.77. The summed E-state index contributed by atoms with van der Waals surface area (Å²) in [6.45, 7) is 1.59. The monoisotopic (exact) mass is 304 g/mol.